The summed E-state index contributed by atoms with van der Waals surface area (Å²) >= 11 is 1.90. The SMILES string of the molecule is C=CCNC(C)CCSC. The summed E-state index contributed by atoms with van der Waals surface area (Å²) in [6, 6.07) is 0.630. The second-order valence-corrected chi connectivity index (χ2v) is 3.37. The summed E-state index contributed by atoms with van der Waals surface area (Å²) in [5.41, 5.74) is 0. The van der Waals surface area contributed by atoms with Gasteiger partial charge in [-0.25, -0.2) is 0 Å². The van der Waals surface area contributed by atoms with Crippen molar-refractivity contribution in [3.8, 4) is 0 Å². The van der Waals surface area contributed by atoms with Crippen molar-refractivity contribution in [2.75, 3.05) is 18.6 Å². The van der Waals surface area contributed by atoms with E-state index in [1.165, 1.54) is 12.2 Å². The van der Waals surface area contributed by atoms with E-state index in [1.807, 2.05) is 17.8 Å². The molecule has 0 aliphatic carbocycles. The van der Waals surface area contributed by atoms with Crippen LogP contribution in [-0.4, -0.2) is 24.6 Å². The van der Waals surface area contributed by atoms with E-state index in [-0.39, 0.29) is 0 Å². The van der Waals surface area contributed by atoms with Crippen LogP contribution in [-0.2, 0) is 0 Å². The molecule has 0 radical (unpaired) electrons. The molecule has 2 heteroatoms. The van der Waals surface area contributed by atoms with Crippen molar-refractivity contribution in [1.82, 2.24) is 5.32 Å². The molecule has 0 rings (SSSR count). The van der Waals surface area contributed by atoms with E-state index in [0.29, 0.717) is 6.04 Å². The molecule has 1 N–H and O–H groups in total. The minimum Gasteiger partial charge on any atom is -0.311 e. The van der Waals surface area contributed by atoms with Crippen molar-refractivity contribution in [3.63, 3.8) is 0 Å². The maximum absolute atomic E-state index is 3.65. The van der Waals surface area contributed by atoms with Gasteiger partial charge in [0.25, 0.3) is 0 Å². The van der Waals surface area contributed by atoms with Crippen LogP contribution in [0.15, 0.2) is 12.7 Å². The zero-order valence-corrected chi connectivity index (χ0v) is 7.71. The number of hydrogen-bond donors (Lipinski definition) is 1. The third-order valence-electron chi connectivity index (χ3n) is 1.37. The van der Waals surface area contributed by atoms with Crippen LogP contribution < -0.4 is 5.32 Å². The molecule has 0 bridgehead atoms. The molecule has 60 valence electrons. The lowest BCUT2D eigenvalue weighted by atomic mass is 10.2. The van der Waals surface area contributed by atoms with Gasteiger partial charge in [-0.2, -0.15) is 11.8 Å². The van der Waals surface area contributed by atoms with Crippen LogP contribution >= 0.6 is 11.8 Å². The van der Waals surface area contributed by atoms with Crippen molar-refractivity contribution in [2.24, 2.45) is 0 Å². The first-order valence-electron chi connectivity index (χ1n) is 3.64. The van der Waals surface area contributed by atoms with Gasteiger partial charge < -0.3 is 5.32 Å². The Hall–Kier alpha value is 0.0500. The molecule has 0 aromatic carbocycles. The predicted molar refractivity (Wildman–Crippen MR) is 50.7 cm³/mol. The first-order valence-corrected chi connectivity index (χ1v) is 5.04. The van der Waals surface area contributed by atoms with Gasteiger partial charge in [0.1, 0.15) is 0 Å². The minimum atomic E-state index is 0.630. The number of thioether (sulfide) groups is 1. The zero-order valence-electron chi connectivity index (χ0n) is 6.89. The Morgan fingerprint density at radius 2 is 2.40 bits per heavy atom. The minimum absolute atomic E-state index is 0.630. The van der Waals surface area contributed by atoms with Crippen LogP contribution in [0.2, 0.25) is 0 Å². The molecule has 0 aliphatic heterocycles. The second kappa shape index (κ2) is 7.16. The Bertz CT molecular complexity index is 83.3. The normalized spacial score (nSPS) is 13.0. The fraction of sp³-hybridized carbons (Fsp3) is 0.750. The molecule has 0 aromatic rings. The van der Waals surface area contributed by atoms with E-state index < -0.39 is 0 Å². The van der Waals surface area contributed by atoms with Crippen molar-refractivity contribution >= 4 is 11.8 Å². The summed E-state index contributed by atoms with van der Waals surface area (Å²) in [5, 5.41) is 3.34. The number of nitrogens with one attached hydrogen (secondary N) is 1. The second-order valence-electron chi connectivity index (χ2n) is 2.38. The number of hydrogen-bond acceptors (Lipinski definition) is 2. The highest BCUT2D eigenvalue weighted by Gasteiger charge is 1.96. The molecule has 0 amide bonds. The Labute approximate surface area is 68.3 Å². The number of rotatable bonds is 6. The lowest BCUT2D eigenvalue weighted by Gasteiger charge is -2.10. The molecule has 0 saturated heterocycles. The van der Waals surface area contributed by atoms with Crippen LogP contribution in [0.25, 0.3) is 0 Å². The molecular weight excluding hydrogens is 142 g/mol. The first kappa shape index (κ1) is 10.0. The fourth-order valence-corrected chi connectivity index (χ4v) is 1.27. The lowest BCUT2D eigenvalue weighted by Crippen LogP contribution is -2.26. The quantitative estimate of drug-likeness (QED) is 0.594. The smallest absolute Gasteiger partial charge is 0.0134 e. The van der Waals surface area contributed by atoms with Crippen molar-refractivity contribution in [3.05, 3.63) is 12.7 Å². The van der Waals surface area contributed by atoms with Gasteiger partial charge >= 0.3 is 0 Å². The topological polar surface area (TPSA) is 12.0 Å². The van der Waals surface area contributed by atoms with Crippen LogP contribution in [0, 0.1) is 0 Å². The first-order chi connectivity index (χ1) is 4.81. The van der Waals surface area contributed by atoms with E-state index in [4.69, 9.17) is 0 Å². The average molecular weight is 159 g/mol. The molecule has 1 unspecified atom stereocenters. The van der Waals surface area contributed by atoms with E-state index >= 15 is 0 Å². The van der Waals surface area contributed by atoms with Gasteiger partial charge in [-0.3, -0.25) is 0 Å². The summed E-state index contributed by atoms with van der Waals surface area (Å²) in [7, 11) is 0. The molecule has 0 heterocycles. The largest absolute Gasteiger partial charge is 0.311 e. The van der Waals surface area contributed by atoms with Crippen LogP contribution in [0.3, 0.4) is 0 Å². The third kappa shape index (κ3) is 6.17. The maximum atomic E-state index is 3.65. The summed E-state index contributed by atoms with van der Waals surface area (Å²) in [6.07, 6.45) is 5.28. The molecule has 0 aromatic heterocycles. The fourth-order valence-electron chi connectivity index (χ4n) is 0.681. The van der Waals surface area contributed by atoms with Crippen molar-refractivity contribution in [1.29, 1.82) is 0 Å². The van der Waals surface area contributed by atoms with Crippen molar-refractivity contribution in [2.45, 2.75) is 19.4 Å². The van der Waals surface area contributed by atoms with Gasteiger partial charge in [0.05, 0.1) is 0 Å². The Kier molecular flexibility index (Phi) is 7.20. The highest BCUT2D eigenvalue weighted by molar-refractivity contribution is 7.98. The Balaban J connectivity index is 3.07. The van der Waals surface area contributed by atoms with Gasteiger partial charge in [-0.05, 0) is 25.4 Å². The molecule has 1 atom stereocenters. The average Bonchev–Trinajstić information content (AvgIpc) is 1.97. The molecular formula is C8H17NS. The Morgan fingerprint density at radius 3 is 2.90 bits per heavy atom. The van der Waals surface area contributed by atoms with E-state index in [9.17, 15) is 0 Å². The molecule has 0 aliphatic rings. The predicted octanol–water partition coefficient (Wildman–Crippen LogP) is 1.90. The van der Waals surface area contributed by atoms with E-state index in [1.54, 1.807) is 0 Å². The molecule has 0 saturated carbocycles. The summed E-state index contributed by atoms with van der Waals surface area (Å²) in [5.74, 6) is 1.24. The molecule has 0 fully saturated rings. The van der Waals surface area contributed by atoms with Gasteiger partial charge in [0.15, 0.2) is 0 Å². The molecule has 10 heavy (non-hydrogen) atoms. The molecule has 0 spiro atoms. The highest BCUT2D eigenvalue weighted by atomic mass is 32.2. The molecule has 1 nitrogen and oxygen atoms in total. The van der Waals surface area contributed by atoms with Gasteiger partial charge in [0.2, 0.25) is 0 Å². The summed E-state index contributed by atoms with van der Waals surface area (Å²) in [4.78, 5) is 0. The summed E-state index contributed by atoms with van der Waals surface area (Å²) < 4.78 is 0. The maximum Gasteiger partial charge on any atom is 0.0134 e. The zero-order chi connectivity index (χ0) is 7.82. The van der Waals surface area contributed by atoms with Crippen LogP contribution in [0.5, 0.6) is 0 Å². The van der Waals surface area contributed by atoms with Gasteiger partial charge in [0, 0.05) is 12.6 Å². The van der Waals surface area contributed by atoms with E-state index in [0.717, 1.165) is 6.54 Å². The third-order valence-corrected chi connectivity index (χ3v) is 2.01. The van der Waals surface area contributed by atoms with Crippen LogP contribution in [0.4, 0.5) is 0 Å². The van der Waals surface area contributed by atoms with Gasteiger partial charge in [-0.15, -0.1) is 6.58 Å². The van der Waals surface area contributed by atoms with Crippen LogP contribution in [0.1, 0.15) is 13.3 Å². The monoisotopic (exact) mass is 159 g/mol. The summed E-state index contributed by atoms with van der Waals surface area (Å²) in [6.45, 7) is 6.78. The Morgan fingerprint density at radius 1 is 1.70 bits per heavy atom. The van der Waals surface area contributed by atoms with E-state index in [2.05, 4.69) is 25.1 Å². The standard InChI is InChI=1S/C8H17NS/c1-4-6-9-8(2)5-7-10-3/h4,8-9H,1,5-7H2,2-3H3. The lowest BCUT2D eigenvalue weighted by molar-refractivity contribution is 0.571. The van der Waals surface area contributed by atoms with Crippen molar-refractivity contribution < 1.29 is 0 Å². The van der Waals surface area contributed by atoms with Gasteiger partial charge in [-0.1, -0.05) is 6.08 Å². The highest BCUT2D eigenvalue weighted by Crippen LogP contribution is 1.98.